The van der Waals surface area contributed by atoms with E-state index in [1.165, 1.54) is 15.6 Å². The Kier molecular flexibility index (Phi) is 6.07. The van der Waals surface area contributed by atoms with Gasteiger partial charge in [-0.15, -0.1) is 11.3 Å². The molecule has 0 spiro atoms. The summed E-state index contributed by atoms with van der Waals surface area (Å²) in [6.07, 6.45) is 3.35. The summed E-state index contributed by atoms with van der Waals surface area (Å²) in [7, 11) is 0. The maximum Gasteiger partial charge on any atom is 0.0844 e. The summed E-state index contributed by atoms with van der Waals surface area (Å²) in [5.41, 5.74) is 2.35. The smallest absolute Gasteiger partial charge is 0.0844 e. The first kappa shape index (κ1) is 19.5. The maximum atomic E-state index is 11.1. The molecule has 3 aromatic rings. The van der Waals surface area contributed by atoms with E-state index in [-0.39, 0.29) is 5.92 Å². The highest BCUT2D eigenvalue weighted by atomic mass is 32.1. The van der Waals surface area contributed by atoms with Crippen LogP contribution in [0.3, 0.4) is 0 Å². The number of aliphatic hydroxyl groups excluding tert-OH is 1. The molecule has 0 amide bonds. The molecule has 1 fully saturated rings. The Morgan fingerprint density at radius 1 is 1.07 bits per heavy atom. The summed E-state index contributed by atoms with van der Waals surface area (Å²) in [5, 5.41) is 14.4. The number of benzene rings is 1. The fourth-order valence-electron chi connectivity index (χ4n) is 4.19. The molecule has 28 heavy (non-hydrogen) atoms. The van der Waals surface area contributed by atoms with Gasteiger partial charge in [0.15, 0.2) is 0 Å². The predicted octanol–water partition coefficient (Wildman–Crippen LogP) is 4.17. The van der Waals surface area contributed by atoms with Crippen LogP contribution in [0, 0.1) is 5.92 Å². The van der Waals surface area contributed by atoms with Crippen LogP contribution in [0.4, 0.5) is 0 Å². The SMILES string of the molecule is CC(C(O)c1csc2ccccc12)C(C)N1CCN(Cc2cccnc2)CC1. The first-order valence-electron chi connectivity index (χ1n) is 10.1. The quantitative estimate of drug-likeness (QED) is 0.680. The van der Waals surface area contributed by atoms with Gasteiger partial charge >= 0.3 is 0 Å². The van der Waals surface area contributed by atoms with Crippen molar-refractivity contribution in [2.75, 3.05) is 26.2 Å². The Labute approximate surface area is 171 Å². The van der Waals surface area contributed by atoms with Crippen molar-refractivity contribution in [2.45, 2.75) is 32.5 Å². The van der Waals surface area contributed by atoms with Crippen molar-refractivity contribution in [3.8, 4) is 0 Å². The third-order valence-electron chi connectivity index (χ3n) is 6.20. The van der Waals surface area contributed by atoms with Crippen LogP contribution in [0.15, 0.2) is 54.2 Å². The number of piperazine rings is 1. The summed E-state index contributed by atoms with van der Waals surface area (Å²) in [6.45, 7) is 9.62. The second-order valence-corrected chi connectivity index (χ2v) is 8.82. The number of hydrogen-bond acceptors (Lipinski definition) is 5. The molecule has 1 aliphatic rings. The van der Waals surface area contributed by atoms with Gasteiger partial charge in [-0.05, 0) is 40.9 Å². The van der Waals surface area contributed by atoms with Gasteiger partial charge in [0.1, 0.15) is 0 Å². The van der Waals surface area contributed by atoms with Gasteiger partial charge in [-0.1, -0.05) is 31.2 Å². The third-order valence-corrected chi connectivity index (χ3v) is 7.18. The number of nitrogens with zero attached hydrogens (tertiary/aromatic N) is 3. The molecule has 0 radical (unpaired) electrons. The highest BCUT2D eigenvalue weighted by molar-refractivity contribution is 7.17. The van der Waals surface area contributed by atoms with E-state index >= 15 is 0 Å². The van der Waals surface area contributed by atoms with E-state index in [0.29, 0.717) is 6.04 Å². The van der Waals surface area contributed by atoms with Gasteiger partial charge in [0.2, 0.25) is 0 Å². The normalized spacial score (nSPS) is 19.5. The van der Waals surface area contributed by atoms with Crippen LogP contribution >= 0.6 is 11.3 Å². The zero-order chi connectivity index (χ0) is 19.5. The Hall–Kier alpha value is -1.79. The van der Waals surface area contributed by atoms with Crippen LogP contribution in [0.25, 0.3) is 10.1 Å². The van der Waals surface area contributed by atoms with Crippen LogP contribution in [0.2, 0.25) is 0 Å². The van der Waals surface area contributed by atoms with Crippen LogP contribution in [0.5, 0.6) is 0 Å². The summed E-state index contributed by atoms with van der Waals surface area (Å²) in [6, 6.07) is 12.9. The van der Waals surface area contributed by atoms with E-state index < -0.39 is 6.10 Å². The van der Waals surface area contributed by atoms with E-state index in [1.807, 2.05) is 18.5 Å². The number of fused-ring (bicyclic) bond motifs is 1. The Morgan fingerprint density at radius 2 is 1.86 bits per heavy atom. The van der Waals surface area contributed by atoms with Crippen LogP contribution < -0.4 is 0 Å². The van der Waals surface area contributed by atoms with Crippen molar-refractivity contribution in [1.82, 2.24) is 14.8 Å². The van der Waals surface area contributed by atoms with Gasteiger partial charge in [0.05, 0.1) is 6.10 Å². The summed E-state index contributed by atoms with van der Waals surface area (Å²) in [5.74, 6) is 0.183. The molecule has 1 saturated heterocycles. The fraction of sp³-hybridized carbons (Fsp3) is 0.435. The van der Waals surface area contributed by atoms with Crippen molar-refractivity contribution in [2.24, 2.45) is 5.92 Å². The topological polar surface area (TPSA) is 39.6 Å². The first-order chi connectivity index (χ1) is 13.6. The number of aromatic nitrogens is 1. The van der Waals surface area contributed by atoms with E-state index in [4.69, 9.17) is 0 Å². The summed E-state index contributed by atoms with van der Waals surface area (Å²) >= 11 is 1.72. The number of rotatable bonds is 6. The molecule has 4 rings (SSSR count). The Morgan fingerprint density at radius 3 is 2.61 bits per heavy atom. The molecule has 1 aliphatic heterocycles. The molecular formula is C23H29N3OS. The van der Waals surface area contributed by atoms with Crippen LogP contribution in [0.1, 0.15) is 31.1 Å². The average Bonchev–Trinajstić information content (AvgIpc) is 3.17. The van der Waals surface area contributed by atoms with Gasteiger partial charge in [0, 0.05) is 61.8 Å². The highest BCUT2D eigenvalue weighted by Crippen LogP contribution is 2.35. The molecule has 3 heterocycles. The first-order valence-corrected chi connectivity index (χ1v) is 11.0. The highest BCUT2D eigenvalue weighted by Gasteiger charge is 2.30. The van der Waals surface area contributed by atoms with Gasteiger partial charge in [-0.2, -0.15) is 0 Å². The second kappa shape index (κ2) is 8.70. The van der Waals surface area contributed by atoms with Crippen molar-refractivity contribution in [3.05, 3.63) is 65.3 Å². The Bertz CT molecular complexity index is 889. The van der Waals surface area contributed by atoms with E-state index in [2.05, 4.69) is 64.3 Å². The van der Waals surface area contributed by atoms with Gasteiger partial charge < -0.3 is 5.11 Å². The minimum Gasteiger partial charge on any atom is -0.388 e. The molecule has 1 aromatic carbocycles. The zero-order valence-corrected chi connectivity index (χ0v) is 17.5. The lowest BCUT2D eigenvalue weighted by Crippen LogP contribution is -2.51. The molecule has 0 bridgehead atoms. The number of aliphatic hydroxyl groups is 1. The molecule has 0 aliphatic carbocycles. The fourth-order valence-corrected chi connectivity index (χ4v) is 5.18. The maximum absolute atomic E-state index is 11.1. The number of hydrogen-bond donors (Lipinski definition) is 1. The largest absolute Gasteiger partial charge is 0.388 e. The summed E-state index contributed by atoms with van der Waals surface area (Å²) < 4.78 is 1.25. The minimum atomic E-state index is -0.431. The monoisotopic (exact) mass is 395 g/mol. The molecule has 148 valence electrons. The molecule has 5 heteroatoms. The lowest BCUT2D eigenvalue weighted by molar-refractivity contribution is 0.0259. The van der Waals surface area contributed by atoms with Crippen molar-refractivity contribution >= 4 is 21.4 Å². The Balaban J connectivity index is 1.36. The molecule has 3 atom stereocenters. The molecule has 4 nitrogen and oxygen atoms in total. The van der Waals surface area contributed by atoms with E-state index in [0.717, 1.165) is 38.3 Å². The minimum absolute atomic E-state index is 0.183. The van der Waals surface area contributed by atoms with E-state index in [1.54, 1.807) is 11.3 Å². The average molecular weight is 396 g/mol. The molecule has 3 unspecified atom stereocenters. The summed E-state index contributed by atoms with van der Waals surface area (Å²) in [4.78, 5) is 9.24. The lowest BCUT2D eigenvalue weighted by Gasteiger charge is -2.41. The van der Waals surface area contributed by atoms with Crippen LogP contribution in [-0.2, 0) is 6.54 Å². The standard InChI is InChI=1S/C23H29N3OS/c1-17(23(27)21-16-28-22-8-4-3-7-20(21)22)18(2)26-12-10-25(11-13-26)15-19-6-5-9-24-14-19/h3-9,14,16-18,23,27H,10-13,15H2,1-2H3. The molecular weight excluding hydrogens is 366 g/mol. The zero-order valence-electron chi connectivity index (χ0n) is 16.7. The number of pyridine rings is 1. The van der Waals surface area contributed by atoms with Crippen molar-refractivity contribution in [3.63, 3.8) is 0 Å². The predicted molar refractivity (Wildman–Crippen MR) is 116 cm³/mol. The molecule has 0 saturated carbocycles. The van der Waals surface area contributed by atoms with Crippen molar-refractivity contribution in [1.29, 1.82) is 0 Å². The number of thiophene rings is 1. The van der Waals surface area contributed by atoms with Gasteiger partial charge in [-0.3, -0.25) is 14.8 Å². The second-order valence-electron chi connectivity index (χ2n) is 7.91. The van der Waals surface area contributed by atoms with Crippen molar-refractivity contribution < 1.29 is 5.11 Å². The third kappa shape index (κ3) is 4.13. The lowest BCUT2D eigenvalue weighted by atomic mass is 9.90. The molecule has 1 N–H and O–H groups in total. The molecule has 2 aromatic heterocycles. The van der Waals surface area contributed by atoms with E-state index in [9.17, 15) is 5.11 Å². The van der Waals surface area contributed by atoms with Gasteiger partial charge in [0.25, 0.3) is 0 Å². The van der Waals surface area contributed by atoms with Gasteiger partial charge in [-0.25, -0.2) is 0 Å². The van der Waals surface area contributed by atoms with Crippen LogP contribution in [-0.4, -0.2) is 52.1 Å².